The van der Waals surface area contributed by atoms with Crippen LogP contribution < -0.4 is 10.2 Å². The molecule has 0 saturated carbocycles. The van der Waals surface area contributed by atoms with E-state index >= 15 is 0 Å². The molecule has 1 aromatic carbocycles. The molecule has 5 nitrogen and oxygen atoms in total. The maximum atomic E-state index is 13.1. The van der Waals surface area contributed by atoms with Gasteiger partial charge in [0.25, 0.3) is 0 Å². The van der Waals surface area contributed by atoms with E-state index in [0.717, 1.165) is 18.2 Å². The summed E-state index contributed by atoms with van der Waals surface area (Å²) in [6.45, 7) is 3.02. The number of anilines is 2. The Morgan fingerprint density at radius 3 is 2.80 bits per heavy atom. The summed E-state index contributed by atoms with van der Waals surface area (Å²) in [6, 6.07) is 7.27. The predicted octanol–water partition coefficient (Wildman–Crippen LogP) is 3.37. The fourth-order valence-electron chi connectivity index (χ4n) is 2.87. The quantitative estimate of drug-likeness (QED) is 0.922. The molecule has 2 aromatic rings. The lowest BCUT2D eigenvalue weighted by Crippen LogP contribution is -2.27. The van der Waals surface area contributed by atoms with Crippen LogP contribution >= 0.6 is 0 Å². The Labute approximate surface area is 143 Å². The third-order valence-electron chi connectivity index (χ3n) is 4.11. The van der Waals surface area contributed by atoms with Gasteiger partial charge in [-0.05, 0) is 37.6 Å². The molecule has 25 heavy (non-hydrogen) atoms. The van der Waals surface area contributed by atoms with Crippen molar-refractivity contribution in [1.82, 2.24) is 9.97 Å². The highest BCUT2D eigenvalue weighted by Gasteiger charge is 2.35. The summed E-state index contributed by atoms with van der Waals surface area (Å²) >= 11 is 0. The first-order valence-electron chi connectivity index (χ1n) is 7.79. The summed E-state index contributed by atoms with van der Waals surface area (Å²) in [5.74, 6) is 0.516. The van der Waals surface area contributed by atoms with E-state index in [1.807, 2.05) is 11.8 Å². The molecule has 130 valence electrons. The fraction of sp³-hybridized carbons (Fsp3) is 0.353. The van der Waals surface area contributed by atoms with E-state index in [1.165, 1.54) is 6.07 Å². The van der Waals surface area contributed by atoms with Crippen molar-refractivity contribution in [3.05, 3.63) is 47.3 Å². The Kier molecular flexibility index (Phi) is 4.49. The second kappa shape index (κ2) is 6.59. The molecule has 1 aliphatic rings. The van der Waals surface area contributed by atoms with Crippen molar-refractivity contribution in [2.45, 2.75) is 25.6 Å². The number of hydrogen-bond donors (Lipinski definition) is 1. The minimum atomic E-state index is -4.55. The lowest BCUT2D eigenvalue weighted by molar-refractivity contribution is -0.137. The van der Waals surface area contributed by atoms with Gasteiger partial charge in [-0.3, -0.25) is 0 Å². The van der Waals surface area contributed by atoms with E-state index < -0.39 is 11.7 Å². The van der Waals surface area contributed by atoms with Gasteiger partial charge in [0.2, 0.25) is 5.95 Å². The first-order valence-corrected chi connectivity index (χ1v) is 7.79. The smallest absolute Gasteiger partial charge is 0.369 e. The standard InChI is InChI=1S/C17H16F3N5/c1-11-4-6-22-16(23-11)24-13-5-7-25(10-13)14-3-2-12(9-21)15(8-14)17(18,19)20/h2-4,6,8,13H,5,7,10H2,1H3,(H,22,23,24). The molecule has 0 aliphatic carbocycles. The number of rotatable bonds is 3. The van der Waals surface area contributed by atoms with Crippen LogP contribution in [0.2, 0.25) is 0 Å². The summed E-state index contributed by atoms with van der Waals surface area (Å²) in [5.41, 5.74) is 0.0410. The fourth-order valence-corrected chi connectivity index (χ4v) is 2.87. The molecule has 2 heterocycles. The van der Waals surface area contributed by atoms with Crippen LogP contribution in [-0.2, 0) is 6.18 Å². The molecular formula is C17H16F3N5. The molecule has 1 aromatic heterocycles. The van der Waals surface area contributed by atoms with E-state index in [9.17, 15) is 13.2 Å². The van der Waals surface area contributed by atoms with E-state index in [1.54, 1.807) is 24.4 Å². The van der Waals surface area contributed by atoms with Gasteiger partial charge in [-0.15, -0.1) is 0 Å². The van der Waals surface area contributed by atoms with Crippen molar-refractivity contribution >= 4 is 11.6 Å². The van der Waals surface area contributed by atoms with Crippen LogP contribution in [0.25, 0.3) is 0 Å². The number of alkyl halides is 3. The van der Waals surface area contributed by atoms with Crippen molar-refractivity contribution in [3.8, 4) is 6.07 Å². The molecular weight excluding hydrogens is 331 g/mol. The van der Waals surface area contributed by atoms with Crippen molar-refractivity contribution < 1.29 is 13.2 Å². The minimum absolute atomic E-state index is 0.0479. The maximum Gasteiger partial charge on any atom is 0.417 e. The number of hydrogen-bond acceptors (Lipinski definition) is 5. The number of halogens is 3. The number of benzene rings is 1. The van der Waals surface area contributed by atoms with Gasteiger partial charge in [-0.25, -0.2) is 9.97 Å². The van der Waals surface area contributed by atoms with Gasteiger partial charge in [0.15, 0.2) is 0 Å². The predicted molar refractivity (Wildman–Crippen MR) is 87.2 cm³/mol. The van der Waals surface area contributed by atoms with Gasteiger partial charge in [0.05, 0.1) is 17.2 Å². The van der Waals surface area contributed by atoms with Crippen molar-refractivity contribution in [2.24, 2.45) is 0 Å². The Balaban J connectivity index is 1.75. The molecule has 0 amide bonds. The Morgan fingerprint density at radius 1 is 1.32 bits per heavy atom. The summed E-state index contributed by atoms with van der Waals surface area (Å²) in [4.78, 5) is 10.3. The van der Waals surface area contributed by atoms with Gasteiger partial charge in [0, 0.05) is 36.7 Å². The summed E-state index contributed by atoms with van der Waals surface area (Å²) in [5, 5.41) is 12.1. The van der Waals surface area contributed by atoms with Crippen molar-refractivity contribution in [3.63, 3.8) is 0 Å². The molecule has 1 unspecified atom stereocenters. The average molecular weight is 347 g/mol. The number of nitrogens with zero attached hydrogens (tertiary/aromatic N) is 4. The van der Waals surface area contributed by atoms with E-state index in [2.05, 4.69) is 15.3 Å². The van der Waals surface area contributed by atoms with Crippen LogP contribution in [0.1, 0.15) is 23.2 Å². The first-order chi connectivity index (χ1) is 11.9. The topological polar surface area (TPSA) is 64.8 Å². The van der Waals surface area contributed by atoms with Crippen LogP contribution in [0.15, 0.2) is 30.5 Å². The zero-order chi connectivity index (χ0) is 18.0. The first kappa shape index (κ1) is 17.0. The van der Waals surface area contributed by atoms with Crippen LogP contribution in [0.5, 0.6) is 0 Å². The van der Waals surface area contributed by atoms with Crippen LogP contribution in [0.4, 0.5) is 24.8 Å². The van der Waals surface area contributed by atoms with E-state index in [0.29, 0.717) is 24.7 Å². The second-order valence-electron chi connectivity index (χ2n) is 5.94. The number of aryl methyl sites for hydroxylation is 1. The largest absolute Gasteiger partial charge is 0.417 e. The summed E-state index contributed by atoms with van der Waals surface area (Å²) in [7, 11) is 0. The van der Waals surface area contributed by atoms with Crippen LogP contribution in [0, 0.1) is 18.3 Å². The molecule has 1 atom stereocenters. The molecule has 1 N–H and O–H groups in total. The summed E-state index contributed by atoms with van der Waals surface area (Å²) in [6.07, 6.45) is -2.12. The summed E-state index contributed by atoms with van der Waals surface area (Å²) < 4.78 is 39.3. The Bertz CT molecular complexity index is 813. The molecule has 0 bridgehead atoms. The normalized spacial score (nSPS) is 17.4. The maximum absolute atomic E-state index is 13.1. The molecule has 1 aliphatic heterocycles. The monoisotopic (exact) mass is 347 g/mol. The second-order valence-corrected chi connectivity index (χ2v) is 5.94. The lowest BCUT2D eigenvalue weighted by atomic mass is 10.1. The van der Waals surface area contributed by atoms with Crippen molar-refractivity contribution in [1.29, 1.82) is 5.26 Å². The average Bonchev–Trinajstić information content (AvgIpc) is 3.02. The molecule has 1 fully saturated rings. The molecule has 8 heteroatoms. The number of aromatic nitrogens is 2. The Morgan fingerprint density at radius 2 is 2.12 bits per heavy atom. The van der Waals surface area contributed by atoms with E-state index in [4.69, 9.17) is 5.26 Å². The lowest BCUT2D eigenvalue weighted by Gasteiger charge is -2.21. The Hall–Kier alpha value is -2.82. The van der Waals surface area contributed by atoms with Gasteiger partial charge in [-0.1, -0.05) is 0 Å². The van der Waals surface area contributed by atoms with Gasteiger partial charge < -0.3 is 10.2 Å². The van der Waals surface area contributed by atoms with Gasteiger partial charge >= 0.3 is 6.18 Å². The third kappa shape index (κ3) is 3.82. The zero-order valence-electron chi connectivity index (χ0n) is 13.5. The third-order valence-corrected chi connectivity index (χ3v) is 4.11. The van der Waals surface area contributed by atoms with Gasteiger partial charge in [-0.2, -0.15) is 18.4 Å². The molecule has 0 radical (unpaired) electrons. The number of nitriles is 1. The highest BCUT2D eigenvalue weighted by molar-refractivity contribution is 5.56. The highest BCUT2D eigenvalue weighted by Crippen LogP contribution is 2.35. The van der Waals surface area contributed by atoms with Gasteiger partial charge in [0.1, 0.15) is 0 Å². The molecule has 0 spiro atoms. The van der Waals surface area contributed by atoms with Crippen LogP contribution in [-0.4, -0.2) is 29.1 Å². The highest BCUT2D eigenvalue weighted by atomic mass is 19.4. The SMILES string of the molecule is Cc1ccnc(NC2CCN(c3ccc(C#N)c(C(F)(F)F)c3)C2)n1. The minimum Gasteiger partial charge on any atom is -0.369 e. The number of nitrogens with one attached hydrogen (secondary N) is 1. The molecule has 1 saturated heterocycles. The zero-order valence-corrected chi connectivity index (χ0v) is 13.5. The van der Waals surface area contributed by atoms with E-state index in [-0.39, 0.29) is 11.6 Å². The molecule has 3 rings (SSSR count). The van der Waals surface area contributed by atoms with Crippen molar-refractivity contribution in [2.75, 3.05) is 23.3 Å². The van der Waals surface area contributed by atoms with Crippen LogP contribution in [0.3, 0.4) is 0 Å².